The SMILES string of the molecule is COc1cc(CNC(=O)CSc2ccc([N+](=O)[O-])cc2)ccc1OCC1CCCO1. The largest absolute Gasteiger partial charge is 0.493 e. The van der Waals surface area contributed by atoms with E-state index in [1.54, 1.807) is 19.2 Å². The Labute approximate surface area is 179 Å². The highest BCUT2D eigenvalue weighted by atomic mass is 32.2. The first kappa shape index (κ1) is 21.9. The van der Waals surface area contributed by atoms with Gasteiger partial charge in [-0.2, -0.15) is 0 Å². The van der Waals surface area contributed by atoms with Crippen molar-refractivity contribution in [3.05, 3.63) is 58.1 Å². The Morgan fingerprint density at radius 1 is 1.27 bits per heavy atom. The second kappa shape index (κ2) is 10.8. The Balaban J connectivity index is 1.45. The second-order valence-electron chi connectivity index (χ2n) is 6.75. The molecular weight excluding hydrogens is 408 g/mol. The van der Waals surface area contributed by atoms with E-state index in [4.69, 9.17) is 14.2 Å². The van der Waals surface area contributed by atoms with Gasteiger partial charge in [0.15, 0.2) is 11.5 Å². The van der Waals surface area contributed by atoms with Gasteiger partial charge in [0, 0.05) is 30.2 Å². The summed E-state index contributed by atoms with van der Waals surface area (Å²) in [5.41, 5.74) is 0.922. The molecule has 2 aromatic rings. The molecule has 1 fully saturated rings. The van der Waals surface area contributed by atoms with Crippen LogP contribution in [0.5, 0.6) is 11.5 Å². The molecule has 1 aliphatic heterocycles. The van der Waals surface area contributed by atoms with Crippen molar-refractivity contribution < 1.29 is 23.9 Å². The summed E-state index contributed by atoms with van der Waals surface area (Å²) in [5, 5.41) is 13.5. The molecule has 1 amide bonds. The summed E-state index contributed by atoms with van der Waals surface area (Å²) in [6, 6.07) is 11.7. The second-order valence-corrected chi connectivity index (χ2v) is 7.80. The minimum Gasteiger partial charge on any atom is -0.493 e. The molecule has 0 aliphatic carbocycles. The Morgan fingerprint density at radius 3 is 2.73 bits per heavy atom. The van der Waals surface area contributed by atoms with Crippen LogP contribution >= 0.6 is 11.8 Å². The lowest BCUT2D eigenvalue weighted by Crippen LogP contribution is -2.24. The summed E-state index contributed by atoms with van der Waals surface area (Å²) in [6.07, 6.45) is 2.19. The summed E-state index contributed by atoms with van der Waals surface area (Å²) >= 11 is 1.32. The number of ether oxygens (including phenoxy) is 3. The van der Waals surface area contributed by atoms with Crippen LogP contribution in [0.1, 0.15) is 18.4 Å². The molecule has 1 heterocycles. The van der Waals surface area contributed by atoms with Crippen LogP contribution in [0.2, 0.25) is 0 Å². The van der Waals surface area contributed by atoms with Gasteiger partial charge in [-0.1, -0.05) is 6.07 Å². The summed E-state index contributed by atoms with van der Waals surface area (Å²) in [4.78, 5) is 23.1. The number of nitrogens with zero attached hydrogens (tertiary/aromatic N) is 1. The number of thioether (sulfide) groups is 1. The lowest BCUT2D eigenvalue weighted by Gasteiger charge is -2.15. The molecule has 1 unspecified atom stereocenters. The van der Waals surface area contributed by atoms with E-state index in [0.717, 1.165) is 29.9 Å². The predicted molar refractivity (Wildman–Crippen MR) is 113 cm³/mol. The number of hydrogen-bond acceptors (Lipinski definition) is 7. The Hall–Kier alpha value is -2.78. The van der Waals surface area contributed by atoms with E-state index in [0.29, 0.717) is 24.7 Å². The molecule has 0 radical (unpaired) electrons. The average molecular weight is 432 g/mol. The lowest BCUT2D eigenvalue weighted by molar-refractivity contribution is -0.384. The minimum absolute atomic E-state index is 0.0287. The zero-order valence-electron chi connectivity index (χ0n) is 16.7. The van der Waals surface area contributed by atoms with Crippen molar-refractivity contribution in [3.8, 4) is 11.5 Å². The summed E-state index contributed by atoms with van der Waals surface area (Å²) in [7, 11) is 1.58. The van der Waals surface area contributed by atoms with Gasteiger partial charge < -0.3 is 19.5 Å². The van der Waals surface area contributed by atoms with Gasteiger partial charge in [-0.05, 0) is 42.7 Å². The number of rotatable bonds is 10. The van der Waals surface area contributed by atoms with Crippen LogP contribution in [0, 0.1) is 10.1 Å². The average Bonchev–Trinajstić information content (AvgIpc) is 3.29. The van der Waals surface area contributed by atoms with E-state index in [9.17, 15) is 14.9 Å². The third-order valence-corrected chi connectivity index (χ3v) is 5.60. The number of carbonyl (C=O) groups is 1. The van der Waals surface area contributed by atoms with Gasteiger partial charge >= 0.3 is 0 Å². The molecule has 1 saturated heterocycles. The molecule has 8 nitrogen and oxygen atoms in total. The van der Waals surface area contributed by atoms with Gasteiger partial charge in [0.25, 0.3) is 5.69 Å². The topological polar surface area (TPSA) is 99.9 Å². The summed E-state index contributed by atoms with van der Waals surface area (Å²) in [5.74, 6) is 1.35. The van der Waals surface area contributed by atoms with Crippen LogP contribution in [0.25, 0.3) is 0 Å². The smallest absolute Gasteiger partial charge is 0.269 e. The van der Waals surface area contributed by atoms with Crippen LogP contribution in [0.4, 0.5) is 5.69 Å². The highest BCUT2D eigenvalue weighted by molar-refractivity contribution is 8.00. The molecule has 9 heteroatoms. The fraction of sp³-hybridized carbons (Fsp3) is 0.381. The highest BCUT2D eigenvalue weighted by Gasteiger charge is 2.17. The molecule has 0 bridgehead atoms. The van der Waals surface area contributed by atoms with Crippen LogP contribution in [-0.4, -0.2) is 43.0 Å². The summed E-state index contributed by atoms with van der Waals surface area (Å²) in [6.45, 7) is 1.64. The molecular formula is C21H24N2O6S. The number of hydrogen-bond donors (Lipinski definition) is 1. The van der Waals surface area contributed by atoms with Crippen LogP contribution in [0.15, 0.2) is 47.4 Å². The van der Waals surface area contributed by atoms with Gasteiger partial charge in [-0.25, -0.2) is 0 Å². The maximum absolute atomic E-state index is 12.1. The van der Waals surface area contributed by atoms with Gasteiger partial charge in [-0.3, -0.25) is 14.9 Å². The van der Waals surface area contributed by atoms with E-state index >= 15 is 0 Å². The number of nitro groups is 1. The van der Waals surface area contributed by atoms with E-state index in [1.165, 1.54) is 23.9 Å². The van der Waals surface area contributed by atoms with Gasteiger partial charge in [0.05, 0.1) is 23.9 Å². The standard InChI is InChI=1S/C21H24N2O6S/c1-27-20-11-15(4-9-19(20)29-13-17-3-2-10-28-17)12-22-21(24)14-30-18-7-5-16(6-8-18)23(25)26/h4-9,11,17H,2-3,10,12-14H2,1H3,(H,22,24). The molecule has 0 spiro atoms. The molecule has 1 aliphatic rings. The maximum Gasteiger partial charge on any atom is 0.269 e. The van der Waals surface area contributed by atoms with Crippen LogP contribution < -0.4 is 14.8 Å². The monoisotopic (exact) mass is 432 g/mol. The third-order valence-electron chi connectivity index (χ3n) is 4.58. The lowest BCUT2D eigenvalue weighted by atomic mass is 10.2. The summed E-state index contributed by atoms with van der Waals surface area (Å²) < 4.78 is 16.8. The zero-order valence-corrected chi connectivity index (χ0v) is 17.5. The molecule has 1 N–H and O–H groups in total. The van der Waals surface area contributed by atoms with Crippen molar-refractivity contribution in [3.63, 3.8) is 0 Å². The first-order valence-corrected chi connectivity index (χ1v) is 10.6. The van der Waals surface area contributed by atoms with Crippen molar-refractivity contribution in [2.24, 2.45) is 0 Å². The van der Waals surface area contributed by atoms with Gasteiger partial charge in [0.2, 0.25) is 5.91 Å². The number of nitrogens with one attached hydrogen (secondary N) is 1. The number of amides is 1. The van der Waals surface area contributed by atoms with Crippen LogP contribution in [-0.2, 0) is 16.1 Å². The predicted octanol–water partition coefficient (Wildman–Crippen LogP) is 3.57. The Bertz CT molecular complexity index is 868. The number of non-ortho nitro benzene ring substituents is 1. The fourth-order valence-electron chi connectivity index (χ4n) is 2.96. The molecule has 2 aromatic carbocycles. The van der Waals surface area contributed by atoms with Crippen molar-refractivity contribution in [2.45, 2.75) is 30.4 Å². The molecule has 160 valence electrons. The molecule has 3 rings (SSSR count). The van der Waals surface area contributed by atoms with Crippen molar-refractivity contribution in [1.82, 2.24) is 5.32 Å². The number of carbonyl (C=O) groups excluding carboxylic acids is 1. The van der Waals surface area contributed by atoms with Crippen LogP contribution in [0.3, 0.4) is 0 Å². The fourth-order valence-corrected chi connectivity index (χ4v) is 3.69. The molecule has 1 atom stereocenters. The number of benzene rings is 2. The van der Waals surface area contributed by atoms with E-state index in [2.05, 4.69) is 5.32 Å². The zero-order chi connectivity index (χ0) is 21.3. The highest BCUT2D eigenvalue weighted by Crippen LogP contribution is 2.29. The normalized spacial score (nSPS) is 15.6. The van der Waals surface area contributed by atoms with Gasteiger partial charge in [-0.15, -0.1) is 11.8 Å². The van der Waals surface area contributed by atoms with E-state index < -0.39 is 4.92 Å². The van der Waals surface area contributed by atoms with Crippen molar-refractivity contribution in [1.29, 1.82) is 0 Å². The third kappa shape index (κ3) is 6.36. The first-order valence-electron chi connectivity index (χ1n) is 9.60. The number of nitro benzene ring substituents is 1. The molecule has 30 heavy (non-hydrogen) atoms. The first-order chi connectivity index (χ1) is 14.5. The molecule has 0 aromatic heterocycles. The Morgan fingerprint density at radius 2 is 2.07 bits per heavy atom. The Kier molecular flexibility index (Phi) is 7.92. The van der Waals surface area contributed by atoms with Crippen molar-refractivity contribution >= 4 is 23.4 Å². The van der Waals surface area contributed by atoms with E-state index in [-0.39, 0.29) is 23.5 Å². The molecule has 0 saturated carbocycles. The van der Waals surface area contributed by atoms with Gasteiger partial charge in [0.1, 0.15) is 6.61 Å². The number of methoxy groups -OCH3 is 1. The maximum atomic E-state index is 12.1. The van der Waals surface area contributed by atoms with Crippen molar-refractivity contribution in [2.75, 3.05) is 26.1 Å². The quantitative estimate of drug-likeness (QED) is 0.348. The minimum atomic E-state index is -0.450. The van der Waals surface area contributed by atoms with E-state index in [1.807, 2.05) is 18.2 Å².